The molecule has 0 radical (unpaired) electrons. The summed E-state index contributed by atoms with van der Waals surface area (Å²) in [5.74, 6) is 0.323. The van der Waals surface area contributed by atoms with Gasteiger partial charge < -0.3 is 15.2 Å². The second-order valence-corrected chi connectivity index (χ2v) is 6.48. The van der Waals surface area contributed by atoms with E-state index >= 15 is 0 Å². The zero-order valence-corrected chi connectivity index (χ0v) is 13.7. The van der Waals surface area contributed by atoms with Crippen LogP contribution in [0.25, 0.3) is 0 Å². The van der Waals surface area contributed by atoms with Gasteiger partial charge in [0.25, 0.3) is 0 Å². The molecule has 0 amide bonds. The molecule has 2 aromatic rings. The zero-order valence-electron chi connectivity index (χ0n) is 13.7. The van der Waals surface area contributed by atoms with Crippen molar-refractivity contribution in [2.45, 2.75) is 31.7 Å². The van der Waals surface area contributed by atoms with Crippen LogP contribution in [0.15, 0.2) is 48.5 Å². The van der Waals surface area contributed by atoms with Crippen LogP contribution in [0.2, 0.25) is 0 Å². The van der Waals surface area contributed by atoms with Crippen molar-refractivity contribution in [3.8, 4) is 5.75 Å². The van der Waals surface area contributed by atoms with E-state index in [2.05, 4.69) is 36.5 Å². The number of nitrogens with one attached hydrogen (secondary N) is 1. The lowest BCUT2D eigenvalue weighted by molar-refractivity contribution is 0.0496. The Kier molecular flexibility index (Phi) is 4.99. The van der Waals surface area contributed by atoms with Gasteiger partial charge in [-0.05, 0) is 48.6 Å². The number of ether oxygens (including phenoxy) is 1. The summed E-state index contributed by atoms with van der Waals surface area (Å²) < 4.78 is 5.61. The first-order valence-corrected chi connectivity index (χ1v) is 8.32. The summed E-state index contributed by atoms with van der Waals surface area (Å²) in [6.07, 6.45) is 2.09. The highest BCUT2D eigenvalue weighted by molar-refractivity contribution is 5.34. The minimum Gasteiger partial charge on any atom is -0.508 e. The van der Waals surface area contributed by atoms with Crippen LogP contribution in [0, 0.1) is 6.92 Å². The van der Waals surface area contributed by atoms with Gasteiger partial charge in [0.2, 0.25) is 0 Å². The van der Waals surface area contributed by atoms with E-state index in [1.807, 2.05) is 18.2 Å². The molecular formula is C20H25NO2. The summed E-state index contributed by atoms with van der Waals surface area (Å²) >= 11 is 0. The number of rotatable bonds is 5. The van der Waals surface area contributed by atoms with Crippen molar-refractivity contribution in [1.29, 1.82) is 0 Å². The third-order valence-electron chi connectivity index (χ3n) is 4.87. The van der Waals surface area contributed by atoms with Gasteiger partial charge in [0, 0.05) is 31.7 Å². The van der Waals surface area contributed by atoms with E-state index < -0.39 is 0 Å². The van der Waals surface area contributed by atoms with Crippen LogP contribution in [0.5, 0.6) is 5.75 Å². The Bertz CT molecular complexity index is 648. The largest absolute Gasteiger partial charge is 0.508 e. The van der Waals surface area contributed by atoms with Crippen molar-refractivity contribution in [2.24, 2.45) is 0 Å². The van der Waals surface area contributed by atoms with Crippen molar-refractivity contribution in [3.05, 3.63) is 65.2 Å². The van der Waals surface area contributed by atoms with Crippen molar-refractivity contribution in [1.82, 2.24) is 5.32 Å². The Morgan fingerprint density at radius 1 is 1.09 bits per heavy atom. The number of aryl methyl sites for hydroxylation is 1. The van der Waals surface area contributed by atoms with Gasteiger partial charge in [-0.2, -0.15) is 0 Å². The predicted molar refractivity (Wildman–Crippen MR) is 92.7 cm³/mol. The van der Waals surface area contributed by atoms with E-state index in [9.17, 15) is 5.11 Å². The van der Waals surface area contributed by atoms with Gasteiger partial charge in [0.05, 0.1) is 0 Å². The van der Waals surface area contributed by atoms with E-state index in [-0.39, 0.29) is 5.41 Å². The molecule has 1 aliphatic rings. The maximum Gasteiger partial charge on any atom is 0.115 e. The number of benzene rings is 2. The van der Waals surface area contributed by atoms with E-state index in [4.69, 9.17) is 4.74 Å². The number of hydrogen-bond acceptors (Lipinski definition) is 3. The van der Waals surface area contributed by atoms with Crippen LogP contribution < -0.4 is 5.32 Å². The average Bonchev–Trinajstić information content (AvgIpc) is 2.56. The van der Waals surface area contributed by atoms with Crippen LogP contribution in [0.1, 0.15) is 29.5 Å². The van der Waals surface area contributed by atoms with Crippen LogP contribution in [-0.2, 0) is 16.7 Å². The molecule has 3 nitrogen and oxygen atoms in total. The smallest absolute Gasteiger partial charge is 0.115 e. The third-order valence-corrected chi connectivity index (χ3v) is 4.87. The molecule has 1 heterocycles. The fraction of sp³-hybridized carbons (Fsp3) is 0.400. The van der Waals surface area contributed by atoms with Gasteiger partial charge in [0.1, 0.15) is 5.75 Å². The first-order chi connectivity index (χ1) is 11.2. The molecule has 23 heavy (non-hydrogen) atoms. The number of phenols is 1. The summed E-state index contributed by atoms with van der Waals surface area (Å²) in [7, 11) is 0. The molecule has 122 valence electrons. The lowest BCUT2D eigenvalue weighted by atomic mass is 9.72. The number of phenolic OH excluding ortho intramolecular Hbond substituents is 1. The molecule has 3 heteroatoms. The van der Waals surface area contributed by atoms with Gasteiger partial charge in [0.15, 0.2) is 0 Å². The Morgan fingerprint density at radius 3 is 2.61 bits per heavy atom. The van der Waals surface area contributed by atoms with Gasteiger partial charge >= 0.3 is 0 Å². The van der Waals surface area contributed by atoms with Crippen LogP contribution in [0.3, 0.4) is 0 Å². The highest BCUT2D eigenvalue weighted by Gasteiger charge is 2.35. The summed E-state index contributed by atoms with van der Waals surface area (Å²) in [5, 5.41) is 13.2. The highest BCUT2D eigenvalue weighted by Crippen LogP contribution is 2.36. The van der Waals surface area contributed by atoms with E-state index in [1.54, 1.807) is 6.07 Å². The van der Waals surface area contributed by atoms with Gasteiger partial charge in [-0.15, -0.1) is 0 Å². The summed E-state index contributed by atoms with van der Waals surface area (Å²) in [5.41, 5.74) is 4.04. The molecule has 3 rings (SSSR count). The Morgan fingerprint density at radius 2 is 1.87 bits per heavy atom. The van der Waals surface area contributed by atoms with Crippen molar-refractivity contribution in [3.63, 3.8) is 0 Å². The van der Waals surface area contributed by atoms with Gasteiger partial charge in [-0.25, -0.2) is 0 Å². The third kappa shape index (κ3) is 3.74. The van der Waals surface area contributed by atoms with Gasteiger partial charge in [-0.1, -0.05) is 36.4 Å². The van der Waals surface area contributed by atoms with Crippen LogP contribution >= 0.6 is 0 Å². The molecule has 0 saturated carbocycles. The predicted octanol–water partition coefficient (Wildman–Crippen LogP) is 3.54. The van der Waals surface area contributed by atoms with Crippen molar-refractivity contribution >= 4 is 0 Å². The lowest BCUT2D eigenvalue weighted by Gasteiger charge is -2.39. The molecule has 0 bridgehead atoms. The Labute approximate surface area is 138 Å². The van der Waals surface area contributed by atoms with Gasteiger partial charge in [-0.3, -0.25) is 0 Å². The van der Waals surface area contributed by atoms with E-state index in [0.29, 0.717) is 5.75 Å². The molecule has 1 aliphatic heterocycles. The Hall–Kier alpha value is -1.84. The molecule has 1 saturated heterocycles. The topological polar surface area (TPSA) is 41.5 Å². The minimum atomic E-state index is 0.139. The quantitative estimate of drug-likeness (QED) is 0.887. The zero-order chi connectivity index (χ0) is 16.1. The van der Waals surface area contributed by atoms with E-state index in [1.165, 1.54) is 11.1 Å². The molecular weight excluding hydrogens is 286 g/mol. The number of hydrogen-bond donors (Lipinski definition) is 2. The summed E-state index contributed by atoms with van der Waals surface area (Å²) in [6, 6.07) is 16.1. The van der Waals surface area contributed by atoms with Crippen molar-refractivity contribution < 1.29 is 9.84 Å². The molecule has 2 N–H and O–H groups in total. The SMILES string of the molecule is Cc1ccccc1C1(CNCc2cccc(O)c2)CCOCC1. The molecule has 0 atom stereocenters. The fourth-order valence-corrected chi connectivity index (χ4v) is 3.58. The standard InChI is InChI=1S/C20H25NO2/c1-16-5-2-3-8-19(16)20(9-11-23-12-10-20)15-21-14-17-6-4-7-18(22)13-17/h2-8,13,21-22H,9-12,14-15H2,1H3. The molecule has 0 aromatic heterocycles. The minimum absolute atomic E-state index is 0.139. The summed E-state index contributed by atoms with van der Waals surface area (Å²) in [6.45, 7) is 5.53. The fourth-order valence-electron chi connectivity index (χ4n) is 3.58. The Balaban J connectivity index is 1.74. The highest BCUT2D eigenvalue weighted by atomic mass is 16.5. The molecule has 1 fully saturated rings. The first kappa shape index (κ1) is 16.0. The molecule has 0 aliphatic carbocycles. The molecule has 0 unspecified atom stereocenters. The maximum atomic E-state index is 9.58. The second kappa shape index (κ2) is 7.16. The molecule has 0 spiro atoms. The number of aromatic hydroxyl groups is 1. The average molecular weight is 311 g/mol. The van der Waals surface area contributed by atoms with Crippen LogP contribution in [-0.4, -0.2) is 24.9 Å². The normalized spacial score (nSPS) is 17.1. The van der Waals surface area contributed by atoms with Crippen LogP contribution in [0.4, 0.5) is 0 Å². The monoisotopic (exact) mass is 311 g/mol. The second-order valence-electron chi connectivity index (χ2n) is 6.48. The lowest BCUT2D eigenvalue weighted by Crippen LogP contribution is -2.43. The molecule has 2 aromatic carbocycles. The van der Waals surface area contributed by atoms with Crippen molar-refractivity contribution in [2.75, 3.05) is 19.8 Å². The summed E-state index contributed by atoms with van der Waals surface area (Å²) in [4.78, 5) is 0. The van der Waals surface area contributed by atoms with E-state index in [0.717, 1.165) is 44.7 Å². The first-order valence-electron chi connectivity index (χ1n) is 8.32. The maximum absolute atomic E-state index is 9.58.